The Balaban J connectivity index is 0.000000172. The molecule has 1 saturated carbocycles. The minimum absolute atomic E-state index is 0.00403. The van der Waals surface area contributed by atoms with Crippen LogP contribution in [-0.4, -0.2) is 23.0 Å². The standard InChI is InChI=1S/C13H16F2O.C9H7N3O2/c1-8-4-3-5-9(8)10-6-7-11(14)12(15)13(10)16-2;10-9(14)8-7-5(1-3-12-8)11-4-2-6(7)13/h6-9H,3-5H2,1-2H3;1-4H,(H2,10,14)(H,11,13). The molecule has 1 aliphatic carbocycles. The number of fused-ring (bicyclic) bond motifs is 1. The van der Waals surface area contributed by atoms with Gasteiger partial charge in [0.2, 0.25) is 5.82 Å². The third-order valence-corrected chi connectivity index (χ3v) is 5.45. The van der Waals surface area contributed by atoms with Crippen LogP contribution in [-0.2, 0) is 0 Å². The fourth-order valence-electron chi connectivity index (χ4n) is 3.96. The van der Waals surface area contributed by atoms with Crippen LogP contribution in [0.15, 0.2) is 41.5 Å². The minimum Gasteiger partial charge on any atom is -0.493 e. The second-order valence-corrected chi connectivity index (χ2v) is 7.29. The number of nitrogens with two attached hydrogens (primary N) is 1. The molecule has 3 N–H and O–H groups in total. The molecule has 0 spiro atoms. The number of aromatic nitrogens is 2. The van der Waals surface area contributed by atoms with Crippen molar-refractivity contribution in [3.05, 3.63) is 69.8 Å². The molecule has 0 bridgehead atoms. The Kier molecular flexibility index (Phi) is 6.44. The fourth-order valence-corrected chi connectivity index (χ4v) is 3.96. The molecule has 3 aromatic rings. The number of H-pyrrole nitrogens is 1. The van der Waals surface area contributed by atoms with E-state index in [2.05, 4.69) is 16.9 Å². The van der Waals surface area contributed by atoms with Gasteiger partial charge >= 0.3 is 0 Å². The van der Waals surface area contributed by atoms with Crippen LogP contribution in [0.25, 0.3) is 10.9 Å². The predicted molar refractivity (Wildman–Crippen MR) is 110 cm³/mol. The predicted octanol–water partition coefficient (Wildman–Crippen LogP) is 3.90. The number of rotatable bonds is 3. The van der Waals surface area contributed by atoms with Crippen LogP contribution < -0.4 is 15.9 Å². The monoisotopic (exact) mass is 415 g/mol. The van der Waals surface area contributed by atoms with Crippen molar-refractivity contribution in [2.45, 2.75) is 32.1 Å². The molecular weight excluding hydrogens is 392 g/mol. The highest BCUT2D eigenvalue weighted by Crippen LogP contribution is 2.43. The lowest BCUT2D eigenvalue weighted by atomic mass is 9.89. The van der Waals surface area contributed by atoms with E-state index in [9.17, 15) is 18.4 Å². The van der Waals surface area contributed by atoms with Gasteiger partial charge in [-0.3, -0.25) is 14.6 Å². The summed E-state index contributed by atoms with van der Waals surface area (Å²) in [7, 11) is 1.39. The Morgan fingerprint density at radius 2 is 2.00 bits per heavy atom. The average Bonchev–Trinajstić information content (AvgIpc) is 3.16. The molecule has 1 aliphatic rings. The van der Waals surface area contributed by atoms with Gasteiger partial charge in [-0.15, -0.1) is 0 Å². The summed E-state index contributed by atoms with van der Waals surface area (Å²) < 4.78 is 31.6. The number of benzene rings is 1. The van der Waals surface area contributed by atoms with Crippen molar-refractivity contribution in [1.82, 2.24) is 9.97 Å². The number of hydrogen-bond acceptors (Lipinski definition) is 4. The molecule has 0 aliphatic heterocycles. The quantitative estimate of drug-likeness (QED) is 0.678. The van der Waals surface area contributed by atoms with Gasteiger partial charge < -0.3 is 15.5 Å². The molecule has 1 fully saturated rings. The summed E-state index contributed by atoms with van der Waals surface area (Å²) in [6.45, 7) is 2.15. The second-order valence-electron chi connectivity index (χ2n) is 7.29. The first-order valence-electron chi connectivity index (χ1n) is 9.63. The van der Waals surface area contributed by atoms with Crippen LogP contribution in [0.1, 0.15) is 48.2 Å². The first-order chi connectivity index (χ1) is 14.3. The van der Waals surface area contributed by atoms with E-state index in [-0.39, 0.29) is 22.3 Å². The maximum atomic E-state index is 13.5. The summed E-state index contributed by atoms with van der Waals surface area (Å²) in [6, 6.07) is 5.79. The summed E-state index contributed by atoms with van der Waals surface area (Å²) in [5.41, 5.74) is 6.20. The molecule has 0 saturated heterocycles. The number of pyridine rings is 2. The zero-order valence-corrected chi connectivity index (χ0v) is 16.7. The first-order valence-corrected chi connectivity index (χ1v) is 9.63. The molecule has 2 heterocycles. The average molecular weight is 415 g/mol. The highest BCUT2D eigenvalue weighted by molar-refractivity contribution is 6.03. The smallest absolute Gasteiger partial charge is 0.268 e. The number of amides is 1. The molecule has 2 aromatic heterocycles. The van der Waals surface area contributed by atoms with Gasteiger partial charge in [0, 0.05) is 24.0 Å². The van der Waals surface area contributed by atoms with E-state index in [4.69, 9.17) is 10.5 Å². The van der Waals surface area contributed by atoms with Gasteiger partial charge in [-0.2, -0.15) is 4.39 Å². The Bertz CT molecular complexity index is 1130. The van der Waals surface area contributed by atoms with Crippen molar-refractivity contribution in [2.75, 3.05) is 7.11 Å². The van der Waals surface area contributed by atoms with Crippen molar-refractivity contribution >= 4 is 16.8 Å². The Labute approximate surface area is 172 Å². The molecule has 2 atom stereocenters. The fraction of sp³-hybridized carbons (Fsp3) is 0.318. The minimum atomic E-state index is -0.862. The van der Waals surface area contributed by atoms with E-state index in [1.54, 1.807) is 12.1 Å². The molecule has 4 rings (SSSR count). The SMILES string of the molecule is COc1c(C2CCCC2C)ccc(F)c1F.NC(=O)c1nccc2[nH]ccc(=O)c12. The molecule has 8 heteroatoms. The van der Waals surface area contributed by atoms with Crippen LogP contribution in [0.5, 0.6) is 5.75 Å². The summed E-state index contributed by atoms with van der Waals surface area (Å²) in [5, 5.41) is 0.238. The van der Waals surface area contributed by atoms with Crippen LogP contribution in [0.3, 0.4) is 0 Å². The molecule has 1 aromatic carbocycles. The molecule has 1 amide bonds. The lowest BCUT2D eigenvalue weighted by molar-refractivity contribution is 0.0997. The maximum Gasteiger partial charge on any atom is 0.268 e. The van der Waals surface area contributed by atoms with E-state index >= 15 is 0 Å². The number of nitrogens with zero attached hydrogens (tertiary/aromatic N) is 1. The van der Waals surface area contributed by atoms with Crippen LogP contribution >= 0.6 is 0 Å². The van der Waals surface area contributed by atoms with E-state index in [0.717, 1.165) is 24.8 Å². The van der Waals surface area contributed by atoms with Gasteiger partial charge in [-0.05, 0) is 30.4 Å². The molecular formula is C22H23F2N3O3. The Hall–Kier alpha value is -3.29. The highest BCUT2D eigenvalue weighted by atomic mass is 19.2. The number of ether oxygens (including phenoxy) is 1. The number of carbonyl (C=O) groups is 1. The third-order valence-electron chi connectivity index (χ3n) is 5.45. The van der Waals surface area contributed by atoms with Crippen LogP contribution in [0.2, 0.25) is 0 Å². The number of primary amides is 1. The third kappa shape index (κ3) is 4.17. The van der Waals surface area contributed by atoms with Crippen LogP contribution in [0.4, 0.5) is 8.78 Å². The van der Waals surface area contributed by atoms with E-state index in [1.807, 2.05) is 0 Å². The number of hydrogen-bond donors (Lipinski definition) is 2. The number of aromatic amines is 1. The Morgan fingerprint density at radius 1 is 1.23 bits per heavy atom. The van der Waals surface area contributed by atoms with Gasteiger partial charge in [0.1, 0.15) is 5.69 Å². The topological polar surface area (TPSA) is 98.1 Å². The Morgan fingerprint density at radius 3 is 2.63 bits per heavy atom. The zero-order valence-electron chi connectivity index (χ0n) is 16.7. The lowest BCUT2D eigenvalue weighted by Crippen LogP contribution is -2.17. The van der Waals surface area contributed by atoms with Gasteiger partial charge in [0.05, 0.1) is 18.0 Å². The second kappa shape index (κ2) is 9.02. The maximum absolute atomic E-state index is 13.5. The summed E-state index contributed by atoms with van der Waals surface area (Å²) in [5.74, 6) is -1.51. The van der Waals surface area contributed by atoms with Gasteiger partial charge in [-0.1, -0.05) is 25.8 Å². The van der Waals surface area contributed by atoms with Crippen LogP contribution in [0, 0.1) is 17.6 Å². The van der Waals surface area contributed by atoms with Crippen molar-refractivity contribution in [2.24, 2.45) is 11.7 Å². The number of nitrogens with one attached hydrogen (secondary N) is 1. The van der Waals surface area contributed by atoms with Gasteiger partial charge in [-0.25, -0.2) is 4.39 Å². The number of carbonyl (C=O) groups excluding carboxylic acids is 1. The highest BCUT2D eigenvalue weighted by Gasteiger charge is 2.29. The molecule has 158 valence electrons. The van der Waals surface area contributed by atoms with Gasteiger partial charge in [0.15, 0.2) is 17.0 Å². The zero-order chi connectivity index (χ0) is 21.8. The summed E-state index contributed by atoms with van der Waals surface area (Å²) in [6.07, 6.45) is 6.26. The largest absolute Gasteiger partial charge is 0.493 e. The number of methoxy groups -OCH3 is 1. The molecule has 2 unspecified atom stereocenters. The summed E-state index contributed by atoms with van der Waals surface area (Å²) in [4.78, 5) is 29.0. The molecule has 30 heavy (non-hydrogen) atoms. The van der Waals surface area contributed by atoms with Crippen molar-refractivity contribution in [1.29, 1.82) is 0 Å². The number of halogens is 2. The molecule has 0 radical (unpaired) electrons. The van der Waals surface area contributed by atoms with Crippen molar-refractivity contribution in [3.63, 3.8) is 0 Å². The lowest BCUT2D eigenvalue weighted by Gasteiger charge is -2.19. The van der Waals surface area contributed by atoms with E-state index in [0.29, 0.717) is 17.4 Å². The van der Waals surface area contributed by atoms with E-state index in [1.165, 1.54) is 31.6 Å². The van der Waals surface area contributed by atoms with Gasteiger partial charge in [0.25, 0.3) is 5.91 Å². The molecule has 6 nitrogen and oxygen atoms in total. The van der Waals surface area contributed by atoms with E-state index < -0.39 is 17.5 Å². The van der Waals surface area contributed by atoms with Crippen molar-refractivity contribution in [3.8, 4) is 5.75 Å². The van der Waals surface area contributed by atoms with Crippen molar-refractivity contribution < 1.29 is 18.3 Å². The first kappa shape index (κ1) is 21.4. The normalized spacial score (nSPS) is 18.0. The summed E-state index contributed by atoms with van der Waals surface area (Å²) >= 11 is 0.